The van der Waals surface area contributed by atoms with Crippen molar-refractivity contribution in [3.63, 3.8) is 0 Å². The van der Waals surface area contributed by atoms with Gasteiger partial charge in [0.1, 0.15) is 0 Å². The van der Waals surface area contributed by atoms with Crippen LogP contribution in [-0.2, 0) is 6.42 Å². The maximum absolute atomic E-state index is 6.34. The van der Waals surface area contributed by atoms with Crippen LogP contribution in [0.2, 0.25) is 0 Å². The standard InChI is InChI=1S/C21H31N3.2ClH/c1-19(2,22)13-17-18(15-9-7-8-10-16(15)23-17)14-11-20(3,4)24-21(5,6)12-14;;/h7-11,23-24H,12-13,22H2,1-6H3;2*1H. The van der Waals surface area contributed by atoms with Gasteiger partial charge in [0.05, 0.1) is 0 Å². The predicted molar refractivity (Wildman–Crippen MR) is 119 cm³/mol. The van der Waals surface area contributed by atoms with Gasteiger partial charge in [-0.25, -0.2) is 0 Å². The molecule has 146 valence electrons. The van der Waals surface area contributed by atoms with E-state index in [1.807, 2.05) is 0 Å². The molecule has 0 amide bonds. The van der Waals surface area contributed by atoms with Crippen LogP contribution in [-0.4, -0.2) is 21.6 Å². The maximum atomic E-state index is 6.34. The highest BCUT2D eigenvalue weighted by atomic mass is 35.5. The van der Waals surface area contributed by atoms with Gasteiger partial charge in [-0.3, -0.25) is 0 Å². The minimum absolute atomic E-state index is 0. The number of halogens is 2. The van der Waals surface area contributed by atoms with Crippen LogP contribution in [0.5, 0.6) is 0 Å². The Labute approximate surface area is 170 Å². The van der Waals surface area contributed by atoms with Crippen LogP contribution >= 0.6 is 24.8 Å². The maximum Gasteiger partial charge on any atom is 0.0462 e. The van der Waals surface area contributed by atoms with Crippen LogP contribution in [0.4, 0.5) is 0 Å². The molecule has 0 saturated heterocycles. The molecule has 2 heterocycles. The minimum Gasteiger partial charge on any atom is -0.358 e. The number of hydrogen-bond donors (Lipinski definition) is 3. The van der Waals surface area contributed by atoms with E-state index >= 15 is 0 Å². The highest BCUT2D eigenvalue weighted by molar-refractivity contribution is 5.95. The van der Waals surface area contributed by atoms with Gasteiger partial charge in [-0.05, 0) is 59.6 Å². The quantitative estimate of drug-likeness (QED) is 0.664. The van der Waals surface area contributed by atoms with E-state index in [9.17, 15) is 0 Å². The number of nitrogens with two attached hydrogens (primary N) is 1. The molecule has 5 heteroatoms. The SMILES string of the molecule is CC(C)(N)Cc1[nH]c2ccccc2c1C1=CC(C)(C)NC(C)(C)C1.Cl.Cl. The number of nitrogens with one attached hydrogen (secondary N) is 2. The molecular formula is C21H33Cl2N3. The Morgan fingerprint density at radius 1 is 1.08 bits per heavy atom. The van der Waals surface area contributed by atoms with Gasteiger partial charge in [0.25, 0.3) is 0 Å². The third-order valence-electron chi connectivity index (χ3n) is 4.57. The van der Waals surface area contributed by atoms with Crippen molar-refractivity contribution in [2.75, 3.05) is 0 Å². The van der Waals surface area contributed by atoms with Crippen molar-refractivity contribution in [3.8, 4) is 0 Å². The lowest BCUT2D eigenvalue weighted by atomic mass is 9.79. The van der Waals surface area contributed by atoms with Gasteiger partial charge >= 0.3 is 0 Å². The van der Waals surface area contributed by atoms with E-state index in [4.69, 9.17) is 5.73 Å². The van der Waals surface area contributed by atoms with E-state index in [2.05, 4.69) is 82.2 Å². The van der Waals surface area contributed by atoms with Gasteiger partial charge in [0, 0.05) is 45.2 Å². The number of aromatic nitrogens is 1. The van der Waals surface area contributed by atoms with Crippen LogP contribution in [0.3, 0.4) is 0 Å². The molecule has 1 aromatic heterocycles. The van der Waals surface area contributed by atoms with Gasteiger partial charge in [0.15, 0.2) is 0 Å². The second-order valence-electron chi connectivity index (χ2n) is 9.27. The van der Waals surface area contributed by atoms with Crippen molar-refractivity contribution < 1.29 is 0 Å². The zero-order valence-corrected chi connectivity index (χ0v) is 18.3. The molecule has 0 saturated carbocycles. The summed E-state index contributed by atoms with van der Waals surface area (Å²) >= 11 is 0. The van der Waals surface area contributed by atoms with Gasteiger partial charge in [-0.2, -0.15) is 0 Å². The first-order valence-electron chi connectivity index (χ1n) is 8.86. The summed E-state index contributed by atoms with van der Waals surface area (Å²) in [5.41, 5.74) is 11.4. The fraction of sp³-hybridized carbons (Fsp3) is 0.524. The molecule has 0 radical (unpaired) electrons. The molecule has 1 aliphatic rings. The highest BCUT2D eigenvalue weighted by Gasteiger charge is 2.34. The van der Waals surface area contributed by atoms with E-state index in [1.165, 1.54) is 27.7 Å². The fourth-order valence-electron chi connectivity index (χ4n) is 4.23. The van der Waals surface area contributed by atoms with E-state index in [0.717, 1.165) is 12.8 Å². The van der Waals surface area contributed by atoms with Crippen molar-refractivity contribution in [2.24, 2.45) is 5.73 Å². The Morgan fingerprint density at radius 2 is 1.69 bits per heavy atom. The third kappa shape index (κ3) is 5.04. The van der Waals surface area contributed by atoms with Crippen molar-refractivity contribution in [2.45, 2.75) is 71.0 Å². The second kappa shape index (κ2) is 7.55. The molecule has 1 aromatic carbocycles. The minimum atomic E-state index is -0.242. The number of benzene rings is 1. The van der Waals surface area contributed by atoms with E-state index < -0.39 is 0 Å². The lowest BCUT2D eigenvalue weighted by molar-refractivity contribution is 0.297. The summed E-state index contributed by atoms with van der Waals surface area (Å²) in [5, 5.41) is 5.03. The molecule has 4 N–H and O–H groups in total. The van der Waals surface area contributed by atoms with Crippen molar-refractivity contribution in [1.29, 1.82) is 0 Å². The molecule has 0 atom stereocenters. The molecule has 3 rings (SSSR count). The molecule has 1 aliphatic heterocycles. The Bertz CT molecular complexity index is 795. The number of H-pyrrole nitrogens is 1. The number of fused-ring (bicyclic) bond motifs is 1. The fourth-order valence-corrected chi connectivity index (χ4v) is 4.23. The molecule has 0 aliphatic carbocycles. The Balaban J connectivity index is 0.00000169. The first-order valence-corrected chi connectivity index (χ1v) is 8.86. The van der Waals surface area contributed by atoms with Crippen LogP contribution < -0.4 is 11.1 Å². The van der Waals surface area contributed by atoms with E-state index in [0.29, 0.717) is 0 Å². The van der Waals surface area contributed by atoms with Crippen LogP contribution in [0.1, 0.15) is 59.2 Å². The van der Waals surface area contributed by atoms with Gasteiger partial charge in [-0.1, -0.05) is 24.3 Å². The van der Waals surface area contributed by atoms with Crippen LogP contribution in [0.15, 0.2) is 30.3 Å². The Kier molecular flexibility index (Phi) is 6.69. The summed E-state index contributed by atoms with van der Waals surface area (Å²) in [5.74, 6) is 0. The average Bonchev–Trinajstić information content (AvgIpc) is 2.69. The molecule has 0 unspecified atom stereocenters. The average molecular weight is 398 g/mol. The normalized spacial score (nSPS) is 18.7. The molecule has 26 heavy (non-hydrogen) atoms. The van der Waals surface area contributed by atoms with E-state index in [1.54, 1.807) is 0 Å². The summed E-state index contributed by atoms with van der Waals surface area (Å²) in [6, 6.07) is 8.58. The van der Waals surface area contributed by atoms with E-state index in [-0.39, 0.29) is 41.4 Å². The Hall–Kier alpha value is -1.000. The van der Waals surface area contributed by atoms with Crippen molar-refractivity contribution in [1.82, 2.24) is 10.3 Å². The lowest BCUT2D eigenvalue weighted by Gasteiger charge is -2.41. The van der Waals surface area contributed by atoms with Crippen LogP contribution in [0, 0.1) is 0 Å². The van der Waals surface area contributed by atoms with Crippen molar-refractivity contribution in [3.05, 3.63) is 41.6 Å². The topological polar surface area (TPSA) is 53.8 Å². The highest BCUT2D eigenvalue weighted by Crippen LogP contribution is 2.39. The summed E-state index contributed by atoms with van der Waals surface area (Å²) in [6.45, 7) is 13.2. The molecule has 0 spiro atoms. The molecule has 2 aromatic rings. The molecule has 3 nitrogen and oxygen atoms in total. The first kappa shape index (κ1) is 23.0. The monoisotopic (exact) mass is 397 g/mol. The largest absolute Gasteiger partial charge is 0.358 e. The second-order valence-corrected chi connectivity index (χ2v) is 9.27. The first-order chi connectivity index (χ1) is 11.0. The predicted octanol–water partition coefficient (Wildman–Crippen LogP) is 5.23. The number of hydrogen-bond acceptors (Lipinski definition) is 2. The zero-order valence-electron chi connectivity index (χ0n) is 16.7. The zero-order chi connectivity index (χ0) is 17.8. The van der Waals surface area contributed by atoms with Gasteiger partial charge in [-0.15, -0.1) is 24.8 Å². The lowest BCUT2D eigenvalue weighted by Crippen LogP contribution is -2.53. The van der Waals surface area contributed by atoms with Crippen LogP contribution in [0.25, 0.3) is 16.5 Å². The molecular weight excluding hydrogens is 365 g/mol. The molecule has 0 bridgehead atoms. The van der Waals surface area contributed by atoms with Crippen molar-refractivity contribution >= 4 is 41.3 Å². The Morgan fingerprint density at radius 3 is 2.27 bits per heavy atom. The molecule has 0 fully saturated rings. The smallest absolute Gasteiger partial charge is 0.0462 e. The number of para-hydroxylation sites is 1. The summed E-state index contributed by atoms with van der Waals surface area (Å²) < 4.78 is 0. The summed E-state index contributed by atoms with van der Waals surface area (Å²) in [6.07, 6.45) is 4.24. The number of aromatic amines is 1. The van der Waals surface area contributed by atoms with Gasteiger partial charge < -0.3 is 16.0 Å². The summed E-state index contributed by atoms with van der Waals surface area (Å²) in [4.78, 5) is 3.63. The van der Waals surface area contributed by atoms with Gasteiger partial charge in [0.2, 0.25) is 0 Å². The number of rotatable bonds is 3. The third-order valence-corrected chi connectivity index (χ3v) is 4.57. The summed E-state index contributed by atoms with van der Waals surface area (Å²) in [7, 11) is 0.